The number of aromatic nitrogens is 2. The summed E-state index contributed by atoms with van der Waals surface area (Å²) in [5, 5.41) is 10.5. The van der Waals surface area contributed by atoms with Crippen LogP contribution in [0.3, 0.4) is 0 Å². The smallest absolute Gasteiger partial charge is 0.272 e. The summed E-state index contributed by atoms with van der Waals surface area (Å²) < 4.78 is 15.1. The second-order valence-corrected chi connectivity index (χ2v) is 6.50. The highest BCUT2D eigenvalue weighted by Gasteiger charge is 2.18. The number of amides is 1. The van der Waals surface area contributed by atoms with Crippen LogP contribution in [-0.2, 0) is 0 Å². The molecule has 0 saturated carbocycles. The Kier molecular flexibility index (Phi) is 5.07. The van der Waals surface area contributed by atoms with Gasteiger partial charge < -0.3 is 10.6 Å². The standard InChI is InChI=1S/C16H18BrFN4O/c17-14-10-22(13-3-1-12(18)2-4-13)21-15(14)16(23)20-8-6-11-5-7-19-9-11/h1-4,10-11,19H,5-9H2,(H,20,23). The molecule has 0 bridgehead atoms. The summed E-state index contributed by atoms with van der Waals surface area (Å²) >= 11 is 3.36. The Hall–Kier alpha value is -1.73. The van der Waals surface area contributed by atoms with Gasteiger partial charge in [0.2, 0.25) is 0 Å². The van der Waals surface area contributed by atoms with E-state index in [0.717, 1.165) is 19.5 Å². The minimum Gasteiger partial charge on any atom is -0.351 e. The highest BCUT2D eigenvalue weighted by atomic mass is 79.9. The molecule has 2 aromatic rings. The van der Waals surface area contributed by atoms with Gasteiger partial charge >= 0.3 is 0 Å². The molecule has 0 aliphatic carbocycles. The molecule has 23 heavy (non-hydrogen) atoms. The van der Waals surface area contributed by atoms with Crippen LogP contribution >= 0.6 is 15.9 Å². The molecule has 122 valence electrons. The number of benzene rings is 1. The zero-order valence-electron chi connectivity index (χ0n) is 12.6. The van der Waals surface area contributed by atoms with Crippen molar-refractivity contribution in [3.8, 4) is 5.69 Å². The molecule has 0 radical (unpaired) electrons. The maximum atomic E-state index is 13.0. The first kappa shape index (κ1) is 16.1. The van der Waals surface area contributed by atoms with E-state index >= 15 is 0 Å². The lowest BCUT2D eigenvalue weighted by Crippen LogP contribution is -2.27. The number of carbonyl (C=O) groups is 1. The minimum atomic E-state index is -0.306. The van der Waals surface area contributed by atoms with E-state index in [4.69, 9.17) is 0 Å². The molecule has 1 aromatic carbocycles. The third kappa shape index (κ3) is 3.97. The number of hydrogen-bond acceptors (Lipinski definition) is 3. The number of nitrogens with one attached hydrogen (secondary N) is 2. The molecule has 1 aliphatic rings. The van der Waals surface area contributed by atoms with Gasteiger partial charge in [0.15, 0.2) is 5.69 Å². The Morgan fingerprint density at radius 2 is 2.22 bits per heavy atom. The largest absolute Gasteiger partial charge is 0.351 e. The molecule has 7 heteroatoms. The lowest BCUT2D eigenvalue weighted by Gasteiger charge is -2.08. The molecular weight excluding hydrogens is 363 g/mol. The van der Waals surface area contributed by atoms with Crippen LogP contribution < -0.4 is 10.6 Å². The van der Waals surface area contributed by atoms with Gasteiger partial charge in [-0.3, -0.25) is 4.79 Å². The first-order chi connectivity index (χ1) is 11.1. The molecule has 1 saturated heterocycles. The summed E-state index contributed by atoms with van der Waals surface area (Å²) in [5.74, 6) is 0.124. The van der Waals surface area contributed by atoms with Crippen LogP contribution in [0.25, 0.3) is 5.69 Å². The van der Waals surface area contributed by atoms with E-state index in [0.29, 0.717) is 28.3 Å². The molecule has 1 fully saturated rings. The van der Waals surface area contributed by atoms with Crippen molar-refractivity contribution in [2.75, 3.05) is 19.6 Å². The molecule has 5 nitrogen and oxygen atoms in total. The zero-order valence-corrected chi connectivity index (χ0v) is 14.1. The molecule has 0 spiro atoms. The number of hydrogen-bond donors (Lipinski definition) is 2. The van der Waals surface area contributed by atoms with Crippen molar-refractivity contribution in [3.63, 3.8) is 0 Å². The van der Waals surface area contributed by atoms with Crippen LogP contribution in [0.2, 0.25) is 0 Å². The van der Waals surface area contributed by atoms with Crippen molar-refractivity contribution < 1.29 is 9.18 Å². The second kappa shape index (κ2) is 7.23. The zero-order chi connectivity index (χ0) is 16.2. The fourth-order valence-corrected chi connectivity index (χ4v) is 3.12. The molecule has 1 aromatic heterocycles. The van der Waals surface area contributed by atoms with Gasteiger partial charge in [-0.15, -0.1) is 0 Å². The fraction of sp³-hybridized carbons (Fsp3) is 0.375. The first-order valence-corrected chi connectivity index (χ1v) is 8.43. The minimum absolute atomic E-state index is 0.205. The second-order valence-electron chi connectivity index (χ2n) is 5.65. The SMILES string of the molecule is O=C(NCCC1CCNC1)c1nn(-c2ccc(F)cc2)cc1Br. The van der Waals surface area contributed by atoms with E-state index < -0.39 is 0 Å². The van der Waals surface area contributed by atoms with Crippen molar-refractivity contribution in [1.82, 2.24) is 20.4 Å². The van der Waals surface area contributed by atoms with Crippen molar-refractivity contribution >= 4 is 21.8 Å². The van der Waals surface area contributed by atoms with Gasteiger partial charge in [0.1, 0.15) is 5.82 Å². The van der Waals surface area contributed by atoms with Crippen LogP contribution in [-0.4, -0.2) is 35.3 Å². The first-order valence-electron chi connectivity index (χ1n) is 7.63. The highest BCUT2D eigenvalue weighted by molar-refractivity contribution is 9.10. The summed E-state index contributed by atoms with van der Waals surface area (Å²) in [6.07, 6.45) is 3.83. The van der Waals surface area contributed by atoms with E-state index in [9.17, 15) is 9.18 Å². The van der Waals surface area contributed by atoms with E-state index in [1.165, 1.54) is 18.6 Å². The van der Waals surface area contributed by atoms with Crippen molar-refractivity contribution in [2.45, 2.75) is 12.8 Å². The van der Waals surface area contributed by atoms with Gasteiger partial charge in [0, 0.05) is 12.7 Å². The highest BCUT2D eigenvalue weighted by Crippen LogP contribution is 2.18. The molecule has 1 aliphatic heterocycles. The van der Waals surface area contributed by atoms with Gasteiger partial charge in [-0.1, -0.05) is 0 Å². The van der Waals surface area contributed by atoms with E-state index in [1.807, 2.05) is 0 Å². The third-order valence-corrected chi connectivity index (χ3v) is 4.56. The topological polar surface area (TPSA) is 59.0 Å². The van der Waals surface area contributed by atoms with Gasteiger partial charge in [-0.05, 0) is 72.0 Å². The number of carbonyl (C=O) groups excluding carboxylic acids is 1. The third-order valence-electron chi connectivity index (χ3n) is 3.98. The number of nitrogens with zero attached hydrogens (tertiary/aromatic N) is 2. The van der Waals surface area contributed by atoms with Crippen molar-refractivity contribution in [2.24, 2.45) is 5.92 Å². The Morgan fingerprint density at radius 3 is 2.91 bits per heavy atom. The number of rotatable bonds is 5. The number of halogens is 2. The van der Waals surface area contributed by atoms with Gasteiger partial charge in [-0.25, -0.2) is 9.07 Å². The van der Waals surface area contributed by atoms with Crippen LogP contribution in [0.5, 0.6) is 0 Å². The predicted octanol–water partition coefficient (Wildman–Crippen LogP) is 2.50. The average molecular weight is 381 g/mol. The predicted molar refractivity (Wildman–Crippen MR) is 89.1 cm³/mol. The van der Waals surface area contributed by atoms with Crippen LogP contribution in [0.1, 0.15) is 23.3 Å². The van der Waals surface area contributed by atoms with Crippen LogP contribution in [0.15, 0.2) is 34.9 Å². The average Bonchev–Trinajstić information content (AvgIpc) is 3.17. The lowest BCUT2D eigenvalue weighted by atomic mass is 10.1. The lowest BCUT2D eigenvalue weighted by molar-refractivity contribution is 0.0945. The van der Waals surface area contributed by atoms with E-state index in [1.54, 1.807) is 23.0 Å². The van der Waals surface area contributed by atoms with Crippen molar-refractivity contribution in [3.05, 3.63) is 46.4 Å². The summed E-state index contributed by atoms with van der Waals surface area (Å²) in [5.41, 5.74) is 1.03. The summed E-state index contributed by atoms with van der Waals surface area (Å²) in [6.45, 7) is 2.73. The quantitative estimate of drug-likeness (QED) is 0.837. The van der Waals surface area contributed by atoms with Crippen molar-refractivity contribution in [1.29, 1.82) is 0 Å². The molecule has 2 N–H and O–H groups in total. The van der Waals surface area contributed by atoms with Crippen LogP contribution in [0.4, 0.5) is 4.39 Å². The maximum Gasteiger partial charge on any atom is 0.272 e. The molecule has 1 amide bonds. The van der Waals surface area contributed by atoms with Gasteiger partial charge in [0.25, 0.3) is 5.91 Å². The van der Waals surface area contributed by atoms with Crippen LogP contribution in [0, 0.1) is 11.7 Å². The molecule has 1 unspecified atom stereocenters. The van der Waals surface area contributed by atoms with E-state index in [2.05, 4.69) is 31.7 Å². The summed E-state index contributed by atoms with van der Waals surface area (Å²) in [6, 6.07) is 5.95. The Bertz CT molecular complexity index is 680. The molecule has 3 rings (SSSR count). The Morgan fingerprint density at radius 1 is 1.43 bits per heavy atom. The molecule has 2 heterocycles. The van der Waals surface area contributed by atoms with Gasteiger partial charge in [0.05, 0.1) is 10.2 Å². The van der Waals surface area contributed by atoms with Gasteiger partial charge in [-0.2, -0.15) is 5.10 Å². The summed E-state index contributed by atoms with van der Waals surface area (Å²) in [7, 11) is 0. The normalized spacial score (nSPS) is 17.4. The monoisotopic (exact) mass is 380 g/mol. The maximum absolute atomic E-state index is 13.0. The molecular formula is C16H18BrFN4O. The fourth-order valence-electron chi connectivity index (χ4n) is 2.67. The molecule has 1 atom stereocenters. The Labute approximate surface area is 142 Å². The van der Waals surface area contributed by atoms with E-state index in [-0.39, 0.29) is 11.7 Å². The Balaban J connectivity index is 1.62. The summed E-state index contributed by atoms with van der Waals surface area (Å²) in [4.78, 5) is 12.2.